The molecule has 1 aliphatic heterocycles. The molecule has 0 aliphatic carbocycles. The minimum absolute atomic E-state index is 0. The molecule has 0 radical (unpaired) electrons. The van der Waals surface area contributed by atoms with E-state index in [1.807, 2.05) is 25.1 Å². The Hall–Kier alpha value is -0.480. The first-order chi connectivity index (χ1) is 8.79. The number of ether oxygens (including phenoxy) is 1. The molecule has 1 aliphatic rings. The molecular weight excluding hydrogens is 283 g/mol. The highest BCUT2D eigenvalue weighted by Crippen LogP contribution is 2.23. The van der Waals surface area contributed by atoms with Crippen LogP contribution < -0.4 is 15.4 Å². The number of rotatable bonds is 6. The lowest BCUT2D eigenvalue weighted by Crippen LogP contribution is -2.24. The van der Waals surface area contributed by atoms with Gasteiger partial charge in [0.1, 0.15) is 5.75 Å². The molecule has 0 amide bonds. The molecular formula is C14H22Cl2N2O. The molecule has 1 fully saturated rings. The number of hydrogen-bond donors (Lipinski definition) is 2. The lowest BCUT2D eigenvalue weighted by Gasteiger charge is -2.13. The zero-order valence-electron chi connectivity index (χ0n) is 11.2. The fourth-order valence-corrected chi connectivity index (χ4v) is 2.48. The summed E-state index contributed by atoms with van der Waals surface area (Å²) in [4.78, 5) is 0. The van der Waals surface area contributed by atoms with Crippen LogP contribution in [0, 0.1) is 5.92 Å². The van der Waals surface area contributed by atoms with Crippen molar-refractivity contribution in [3.63, 3.8) is 0 Å². The van der Waals surface area contributed by atoms with E-state index in [0.29, 0.717) is 6.61 Å². The Kier molecular flexibility index (Phi) is 7.54. The summed E-state index contributed by atoms with van der Waals surface area (Å²) < 4.78 is 5.60. The lowest BCUT2D eigenvalue weighted by atomic mass is 10.1. The Morgan fingerprint density at radius 3 is 3.00 bits per heavy atom. The quantitative estimate of drug-likeness (QED) is 0.848. The third-order valence-corrected chi connectivity index (χ3v) is 3.47. The summed E-state index contributed by atoms with van der Waals surface area (Å²) in [5, 5.41) is 7.63. The normalized spacial score (nSPS) is 18.1. The number of nitrogens with one attached hydrogen (secondary N) is 2. The minimum Gasteiger partial charge on any atom is -0.494 e. The minimum atomic E-state index is 0. The van der Waals surface area contributed by atoms with Gasteiger partial charge in [0.2, 0.25) is 0 Å². The summed E-state index contributed by atoms with van der Waals surface area (Å²) in [6.45, 7) is 6.81. The van der Waals surface area contributed by atoms with Crippen molar-refractivity contribution in [2.45, 2.75) is 19.9 Å². The van der Waals surface area contributed by atoms with Crippen LogP contribution in [-0.2, 0) is 6.54 Å². The summed E-state index contributed by atoms with van der Waals surface area (Å²) >= 11 is 6.03. The van der Waals surface area contributed by atoms with Crippen LogP contribution in [0.15, 0.2) is 18.2 Å². The van der Waals surface area contributed by atoms with Crippen molar-refractivity contribution in [1.82, 2.24) is 10.6 Å². The molecule has 5 heteroatoms. The maximum absolute atomic E-state index is 6.03. The second-order valence-corrected chi connectivity index (χ2v) is 5.11. The van der Waals surface area contributed by atoms with Crippen LogP contribution in [0.1, 0.15) is 18.9 Å². The number of hydrogen-bond acceptors (Lipinski definition) is 3. The first-order valence-corrected chi connectivity index (χ1v) is 7.00. The average Bonchev–Trinajstić information content (AvgIpc) is 2.86. The smallest absolute Gasteiger partial charge is 0.123 e. The SMILES string of the molecule is CCOc1ccc(Cl)cc1CNC[C@@H]1CCNC1.Cl. The zero-order valence-corrected chi connectivity index (χ0v) is 12.8. The van der Waals surface area contributed by atoms with Crippen molar-refractivity contribution in [3.05, 3.63) is 28.8 Å². The van der Waals surface area contributed by atoms with Crippen LogP contribution in [0.25, 0.3) is 0 Å². The van der Waals surface area contributed by atoms with E-state index in [1.54, 1.807) is 0 Å². The Morgan fingerprint density at radius 2 is 2.32 bits per heavy atom. The van der Waals surface area contributed by atoms with E-state index < -0.39 is 0 Å². The molecule has 0 bridgehead atoms. The monoisotopic (exact) mass is 304 g/mol. The molecule has 0 saturated carbocycles. The zero-order chi connectivity index (χ0) is 12.8. The van der Waals surface area contributed by atoms with Crippen molar-refractivity contribution in [2.75, 3.05) is 26.2 Å². The summed E-state index contributed by atoms with van der Waals surface area (Å²) in [7, 11) is 0. The van der Waals surface area contributed by atoms with Crippen molar-refractivity contribution in [2.24, 2.45) is 5.92 Å². The van der Waals surface area contributed by atoms with Gasteiger partial charge in [-0.25, -0.2) is 0 Å². The Bertz CT molecular complexity index is 382. The second kappa shape index (κ2) is 8.64. The predicted molar refractivity (Wildman–Crippen MR) is 82.6 cm³/mol. The molecule has 0 aromatic heterocycles. The van der Waals surface area contributed by atoms with Crippen LogP contribution in [-0.4, -0.2) is 26.2 Å². The Morgan fingerprint density at radius 1 is 1.47 bits per heavy atom. The first kappa shape index (κ1) is 16.6. The molecule has 2 rings (SSSR count). The predicted octanol–water partition coefficient (Wildman–Crippen LogP) is 2.86. The van der Waals surface area contributed by atoms with Gasteiger partial charge < -0.3 is 15.4 Å². The first-order valence-electron chi connectivity index (χ1n) is 6.62. The molecule has 1 heterocycles. The topological polar surface area (TPSA) is 33.3 Å². The van der Waals surface area contributed by atoms with E-state index in [0.717, 1.165) is 48.4 Å². The molecule has 0 unspecified atom stereocenters. The van der Waals surface area contributed by atoms with E-state index in [-0.39, 0.29) is 12.4 Å². The van der Waals surface area contributed by atoms with Crippen LogP contribution in [0.2, 0.25) is 5.02 Å². The highest BCUT2D eigenvalue weighted by Gasteiger charge is 2.13. The molecule has 1 atom stereocenters. The molecule has 19 heavy (non-hydrogen) atoms. The second-order valence-electron chi connectivity index (χ2n) is 4.67. The van der Waals surface area contributed by atoms with Gasteiger partial charge in [0.25, 0.3) is 0 Å². The van der Waals surface area contributed by atoms with E-state index >= 15 is 0 Å². The highest BCUT2D eigenvalue weighted by atomic mass is 35.5. The van der Waals surface area contributed by atoms with Crippen LogP contribution in [0.5, 0.6) is 5.75 Å². The van der Waals surface area contributed by atoms with Gasteiger partial charge in [-0.1, -0.05) is 11.6 Å². The van der Waals surface area contributed by atoms with E-state index in [1.165, 1.54) is 6.42 Å². The van der Waals surface area contributed by atoms with Gasteiger partial charge in [0, 0.05) is 17.1 Å². The summed E-state index contributed by atoms with van der Waals surface area (Å²) in [5.74, 6) is 1.68. The summed E-state index contributed by atoms with van der Waals surface area (Å²) in [5.41, 5.74) is 1.13. The van der Waals surface area contributed by atoms with Crippen LogP contribution >= 0.6 is 24.0 Å². The Labute approximate surface area is 126 Å². The molecule has 1 aromatic carbocycles. The summed E-state index contributed by atoms with van der Waals surface area (Å²) in [6.07, 6.45) is 1.26. The van der Waals surface area contributed by atoms with Gasteiger partial charge in [-0.15, -0.1) is 12.4 Å². The molecule has 3 nitrogen and oxygen atoms in total. The molecule has 108 valence electrons. The van der Waals surface area contributed by atoms with Crippen molar-refractivity contribution in [3.8, 4) is 5.75 Å². The molecule has 0 spiro atoms. The van der Waals surface area contributed by atoms with Gasteiger partial charge in [-0.2, -0.15) is 0 Å². The largest absolute Gasteiger partial charge is 0.494 e. The van der Waals surface area contributed by atoms with Crippen molar-refractivity contribution >= 4 is 24.0 Å². The van der Waals surface area contributed by atoms with Crippen LogP contribution in [0.4, 0.5) is 0 Å². The third-order valence-electron chi connectivity index (χ3n) is 3.23. The number of halogens is 2. The maximum Gasteiger partial charge on any atom is 0.123 e. The molecule has 1 aromatic rings. The standard InChI is InChI=1S/C14H21ClN2O.ClH/c1-2-18-14-4-3-13(15)7-12(14)10-17-9-11-5-6-16-8-11;/h3-4,7,11,16-17H,2,5-6,8-10H2,1H3;1H/t11-;/m1./s1. The third kappa shape index (κ3) is 5.19. The van der Waals surface area contributed by atoms with Gasteiger partial charge >= 0.3 is 0 Å². The Balaban J connectivity index is 0.00000180. The highest BCUT2D eigenvalue weighted by molar-refractivity contribution is 6.30. The van der Waals surface area contributed by atoms with Crippen LogP contribution in [0.3, 0.4) is 0 Å². The fourth-order valence-electron chi connectivity index (χ4n) is 2.28. The molecule has 1 saturated heterocycles. The number of benzene rings is 1. The van der Waals surface area contributed by atoms with E-state index in [4.69, 9.17) is 16.3 Å². The van der Waals surface area contributed by atoms with Gasteiger partial charge in [-0.05, 0) is 57.1 Å². The van der Waals surface area contributed by atoms with Gasteiger partial charge in [0.05, 0.1) is 6.61 Å². The van der Waals surface area contributed by atoms with Gasteiger partial charge in [0.15, 0.2) is 0 Å². The van der Waals surface area contributed by atoms with Crippen molar-refractivity contribution < 1.29 is 4.74 Å². The van der Waals surface area contributed by atoms with E-state index in [9.17, 15) is 0 Å². The lowest BCUT2D eigenvalue weighted by molar-refractivity contribution is 0.335. The maximum atomic E-state index is 6.03. The van der Waals surface area contributed by atoms with Crippen molar-refractivity contribution in [1.29, 1.82) is 0 Å². The average molecular weight is 305 g/mol. The van der Waals surface area contributed by atoms with E-state index in [2.05, 4.69) is 10.6 Å². The van der Waals surface area contributed by atoms with Gasteiger partial charge in [-0.3, -0.25) is 0 Å². The fraction of sp³-hybridized carbons (Fsp3) is 0.571. The summed E-state index contributed by atoms with van der Waals surface area (Å²) in [6, 6.07) is 5.79. The molecule has 2 N–H and O–H groups in total.